The van der Waals surface area contributed by atoms with E-state index in [1.54, 1.807) is 31.2 Å². The highest BCUT2D eigenvalue weighted by Crippen LogP contribution is 2.43. The van der Waals surface area contributed by atoms with Crippen molar-refractivity contribution >= 4 is 34.1 Å². The first kappa shape index (κ1) is 21.5. The molecule has 7 nitrogen and oxygen atoms in total. The second-order valence-corrected chi connectivity index (χ2v) is 8.42. The third-order valence-corrected chi connectivity index (χ3v) is 5.74. The number of nitrogens with zero attached hydrogens (tertiary/aromatic N) is 3. The van der Waals surface area contributed by atoms with Gasteiger partial charge < -0.3 is 4.74 Å². The van der Waals surface area contributed by atoms with Gasteiger partial charge in [-0.1, -0.05) is 53.3 Å². The predicted octanol–water partition coefficient (Wildman–Crippen LogP) is 4.08. The molecule has 0 fully saturated rings. The van der Waals surface area contributed by atoms with Gasteiger partial charge in [0.2, 0.25) is 10.9 Å². The lowest BCUT2D eigenvalue weighted by Gasteiger charge is -2.24. The Morgan fingerprint density at radius 2 is 1.69 bits per heavy atom. The number of amides is 1. The van der Waals surface area contributed by atoms with E-state index in [0.29, 0.717) is 16.1 Å². The average Bonchev–Trinajstić information content (AvgIpc) is 3.29. The molecular formula is C23H18FN3O4S. The van der Waals surface area contributed by atoms with Gasteiger partial charge in [0.25, 0.3) is 5.91 Å². The van der Waals surface area contributed by atoms with E-state index in [1.165, 1.54) is 29.2 Å². The van der Waals surface area contributed by atoms with E-state index in [-0.39, 0.29) is 16.5 Å². The van der Waals surface area contributed by atoms with Crippen molar-refractivity contribution in [3.05, 3.63) is 87.4 Å². The molecule has 0 N–H and O–H groups in total. The molecule has 162 valence electrons. The van der Waals surface area contributed by atoms with E-state index >= 15 is 0 Å². The topological polar surface area (TPSA) is 89.5 Å². The zero-order chi connectivity index (χ0) is 23.0. The quantitative estimate of drug-likeness (QED) is 0.429. The normalized spacial score (nSPS) is 15.9. The van der Waals surface area contributed by atoms with Gasteiger partial charge in [0, 0.05) is 12.5 Å². The van der Waals surface area contributed by atoms with Gasteiger partial charge in [-0.15, -0.1) is 10.2 Å². The van der Waals surface area contributed by atoms with Crippen molar-refractivity contribution < 1.29 is 23.5 Å². The standard InChI is InChI=1S/C23H18FN3O4S/c1-12-4-6-16(7-5-12)20(29)18-19(15-8-10-17(24)11-9-15)27(23-26-25-13(2)32-23)22(30)21(18)31-14(3)28/h4-11,19H,1-3H3. The first-order valence-electron chi connectivity index (χ1n) is 9.69. The zero-order valence-corrected chi connectivity index (χ0v) is 18.3. The monoisotopic (exact) mass is 451 g/mol. The third-order valence-electron chi connectivity index (χ3n) is 4.90. The zero-order valence-electron chi connectivity index (χ0n) is 17.5. The number of hydrogen-bond donors (Lipinski definition) is 0. The minimum atomic E-state index is -0.974. The summed E-state index contributed by atoms with van der Waals surface area (Å²) in [5.41, 5.74) is 1.73. The summed E-state index contributed by atoms with van der Waals surface area (Å²) >= 11 is 1.15. The van der Waals surface area contributed by atoms with Crippen molar-refractivity contribution in [2.75, 3.05) is 4.90 Å². The number of ether oxygens (including phenoxy) is 1. The van der Waals surface area contributed by atoms with Crippen LogP contribution in [0.4, 0.5) is 9.52 Å². The highest BCUT2D eigenvalue weighted by Gasteiger charge is 2.47. The van der Waals surface area contributed by atoms with Gasteiger partial charge in [-0.05, 0) is 31.5 Å². The van der Waals surface area contributed by atoms with Crippen molar-refractivity contribution in [3.8, 4) is 0 Å². The lowest BCUT2D eigenvalue weighted by atomic mass is 9.92. The summed E-state index contributed by atoms with van der Waals surface area (Å²) in [7, 11) is 0. The number of ketones is 1. The number of rotatable bonds is 5. The Morgan fingerprint density at radius 3 is 2.25 bits per heavy atom. The van der Waals surface area contributed by atoms with E-state index in [9.17, 15) is 18.8 Å². The predicted molar refractivity (Wildman–Crippen MR) is 116 cm³/mol. The molecule has 1 amide bonds. The summed E-state index contributed by atoms with van der Waals surface area (Å²) in [5, 5.41) is 8.86. The van der Waals surface area contributed by atoms with Crippen LogP contribution in [0.3, 0.4) is 0 Å². The number of aryl methyl sites for hydroxylation is 2. The van der Waals surface area contributed by atoms with Crippen LogP contribution in [0.5, 0.6) is 0 Å². The van der Waals surface area contributed by atoms with Crippen LogP contribution in [0.2, 0.25) is 0 Å². The molecule has 1 atom stereocenters. The Kier molecular flexibility index (Phi) is 5.67. The largest absolute Gasteiger partial charge is 0.420 e. The summed E-state index contributed by atoms with van der Waals surface area (Å²) in [6, 6.07) is 11.3. The summed E-state index contributed by atoms with van der Waals surface area (Å²) < 4.78 is 18.9. The van der Waals surface area contributed by atoms with Gasteiger partial charge in [0.1, 0.15) is 10.8 Å². The van der Waals surface area contributed by atoms with Crippen LogP contribution in [0.25, 0.3) is 0 Å². The fraction of sp³-hybridized carbons (Fsp3) is 0.174. The van der Waals surface area contributed by atoms with Crippen LogP contribution >= 0.6 is 11.3 Å². The molecule has 3 aromatic rings. The molecule has 0 aliphatic carbocycles. The minimum Gasteiger partial charge on any atom is -0.420 e. The van der Waals surface area contributed by atoms with E-state index in [2.05, 4.69) is 10.2 Å². The lowest BCUT2D eigenvalue weighted by Crippen LogP contribution is -2.31. The van der Waals surface area contributed by atoms with E-state index in [1.807, 2.05) is 6.92 Å². The molecule has 1 aromatic heterocycles. The van der Waals surface area contributed by atoms with Crippen LogP contribution in [0, 0.1) is 19.7 Å². The van der Waals surface area contributed by atoms with Gasteiger partial charge >= 0.3 is 5.97 Å². The Balaban J connectivity index is 1.93. The lowest BCUT2D eigenvalue weighted by molar-refractivity contribution is -0.139. The molecule has 0 spiro atoms. The molecule has 0 saturated heterocycles. The molecule has 2 heterocycles. The highest BCUT2D eigenvalue weighted by molar-refractivity contribution is 7.15. The van der Waals surface area contributed by atoms with Gasteiger partial charge in [0.05, 0.1) is 11.6 Å². The van der Waals surface area contributed by atoms with Crippen molar-refractivity contribution in [1.82, 2.24) is 10.2 Å². The van der Waals surface area contributed by atoms with Gasteiger partial charge in [0.15, 0.2) is 5.78 Å². The molecule has 0 saturated carbocycles. The first-order valence-corrected chi connectivity index (χ1v) is 10.5. The SMILES string of the molecule is CC(=O)OC1=C(C(=O)c2ccc(C)cc2)C(c2ccc(F)cc2)N(c2nnc(C)s2)C1=O. The summed E-state index contributed by atoms with van der Waals surface area (Å²) in [6.07, 6.45) is 0. The highest BCUT2D eigenvalue weighted by atomic mass is 32.1. The number of anilines is 1. The Hall–Kier alpha value is -3.72. The number of carbonyl (C=O) groups excluding carboxylic acids is 3. The van der Waals surface area contributed by atoms with Crippen LogP contribution in [0.1, 0.15) is 39.5 Å². The molecule has 1 unspecified atom stereocenters. The summed E-state index contributed by atoms with van der Waals surface area (Å²) in [5.74, 6) is -2.75. The second-order valence-electron chi connectivity index (χ2n) is 7.26. The van der Waals surface area contributed by atoms with Crippen LogP contribution in [-0.2, 0) is 14.3 Å². The second kappa shape index (κ2) is 8.43. The number of carbonyl (C=O) groups is 3. The number of hydrogen-bond acceptors (Lipinski definition) is 7. The van der Waals surface area contributed by atoms with E-state index in [4.69, 9.17) is 4.74 Å². The molecule has 0 radical (unpaired) electrons. The van der Waals surface area contributed by atoms with Crippen molar-refractivity contribution in [1.29, 1.82) is 0 Å². The number of benzene rings is 2. The summed E-state index contributed by atoms with van der Waals surface area (Å²) in [6.45, 7) is 4.77. The molecule has 4 rings (SSSR count). The van der Waals surface area contributed by atoms with Gasteiger partial charge in [-0.3, -0.25) is 19.3 Å². The van der Waals surface area contributed by atoms with E-state index < -0.39 is 29.5 Å². The fourth-order valence-corrected chi connectivity index (χ4v) is 4.18. The molecule has 32 heavy (non-hydrogen) atoms. The van der Waals surface area contributed by atoms with Gasteiger partial charge in [-0.25, -0.2) is 4.39 Å². The van der Waals surface area contributed by atoms with Crippen LogP contribution < -0.4 is 4.90 Å². The number of halogens is 1. The van der Waals surface area contributed by atoms with E-state index in [0.717, 1.165) is 23.8 Å². The molecule has 9 heteroatoms. The maximum Gasteiger partial charge on any atom is 0.308 e. The van der Waals surface area contributed by atoms with Gasteiger partial charge in [-0.2, -0.15) is 0 Å². The molecule has 0 bridgehead atoms. The Morgan fingerprint density at radius 1 is 1.03 bits per heavy atom. The average molecular weight is 451 g/mol. The van der Waals surface area contributed by atoms with Crippen molar-refractivity contribution in [2.45, 2.75) is 26.8 Å². The number of esters is 1. The summed E-state index contributed by atoms with van der Waals surface area (Å²) in [4.78, 5) is 40.1. The molecule has 1 aliphatic rings. The molecule has 2 aromatic carbocycles. The maximum absolute atomic E-state index is 13.6. The van der Waals surface area contributed by atoms with Crippen LogP contribution in [0.15, 0.2) is 59.9 Å². The Bertz CT molecular complexity index is 1250. The van der Waals surface area contributed by atoms with Crippen molar-refractivity contribution in [2.24, 2.45) is 0 Å². The Labute approximate surface area is 187 Å². The molecule has 1 aliphatic heterocycles. The fourth-order valence-electron chi connectivity index (χ4n) is 3.47. The number of aromatic nitrogens is 2. The molecular weight excluding hydrogens is 433 g/mol. The number of Topliss-reactive ketones (excluding diaryl/α,β-unsaturated/α-hetero) is 1. The third kappa shape index (κ3) is 3.94. The minimum absolute atomic E-state index is 0.0199. The maximum atomic E-state index is 13.6. The van der Waals surface area contributed by atoms with Crippen molar-refractivity contribution in [3.63, 3.8) is 0 Å². The smallest absolute Gasteiger partial charge is 0.308 e. The first-order chi connectivity index (χ1) is 15.3. The van der Waals surface area contributed by atoms with Crippen LogP contribution in [-0.4, -0.2) is 27.9 Å².